The summed E-state index contributed by atoms with van der Waals surface area (Å²) in [5, 5.41) is 10.9. The number of nitro groups is 1. The number of hydrogen-bond acceptors (Lipinski definition) is 6. The smallest absolute Gasteiger partial charge is 0.269 e. The molecule has 0 aliphatic carbocycles. The van der Waals surface area contributed by atoms with Crippen molar-refractivity contribution in [1.29, 1.82) is 0 Å². The van der Waals surface area contributed by atoms with Crippen LogP contribution in [0.15, 0.2) is 77.4 Å². The molecular formula is C28H30FN3O6. The van der Waals surface area contributed by atoms with Gasteiger partial charge in [-0.25, -0.2) is 4.39 Å². The number of carbonyl (C=O) groups is 2. The van der Waals surface area contributed by atoms with Gasteiger partial charge in [0.1, 0.15) is 18.1 Å². The Hall–Kier alpha value is -4.31. The van der Waals surface area contributed by atoms with E-state index in [1.165, 1.54) is 41.5 Å². The molecule has 1 heterocycles. The minimum absolute atomic E-state index is 0.0468. The molecule has 0 spiro atoms. The number of nitrogens with zero attached hydrogens (tertiary/aromatic N) is 3. The standard InChI is InChI=1S/C28H30FN3O6/c1-2-37-17-4-16-30(27(33)15-10-22-8-13-25(14-9-22)32(35)36)21-28(34)31(20-26-5-3-18-38-26)19-23-6-11-24(29)12-7-23/h3,5-15,18H,2,4,16-17,19-21H2,1H3/b15-10+. The van der Waals surface area contributed by atoms with Crippen molar-refractivity contribution < 1.29 is 28.1 Å². The van der Waals surface area contributed by atoms with E-state index in [9.17, 15) is 24.1 Å². The van der Waals surface area contributed by atoms with E-state index >= 15 is 0 Å². The second kappa shape index (κ2) is 14.4. The van der Waals surface area contributed by atoms with Crippen LogP contribution in [0.5, 0.6) is 0 Å². The van der Waals surface area contributed by atoms with Crippen molar-refractivity contribution in [2.75, 3.05) is 26.3 Å². The van der Waals surface area contributed by atoms with Crippen molar-refractivity contribution in [2.24, 2.45) is 0 Å². The Labute approximate surface area is 220 Å². The van der Waals surface area contributed by atoms with Crippen molar-refractivity contribution in [1.82, 2.24) is 9.80 Å². The zero-order chi connectivity index (χ0) is 27.3. The van der Waals surface area contributed by atoms with Crippen LogP contribution in [0.3, 0.4) is 0 Å². The summed E-state index contributed by atoms with van der Waals surface area (Å²) in [4.78, 5) is 39.9. The van der Waals surface area contributed by atoms with Gasteiger partial charge < -0.3 is 19.0 Å². The lowest BCUT2D eigenvalue weighted by Crippen LogP contribution is -2.42. The van der Waals surface area contributed by atoms with E-state index in [1.54, 1.807) is 47.4 Å². The average molecular weight is 524 g/mol. The number of benzene rings is 2. The number of ether oxygens (including phenoxy) is 1. The number of nitro benzene ring substituents is 1. The molecule has 38 heavy (non-hydrogen) atoms. The lowest BCUT2D eigenvalue weighted by Gasteiger charge is -2.27. The normalized spacial score (nSPS) is 11.0. The first-order valence-corrected chi connectivity index (χ1v) is 12.2. The molecule has 9 nitrogen and oxygen atoms in total. The SMILES string of the molecule is CCOCCCN(CC(=O)N(Cc1ccc(F)cc1)Cc1ccco1)C(=O)/C=C/c1ccc([N+](=O)[O-])cc1. The zero-order valence-corrected chi connectivity index (χ0v) is 21.1. The van der Waals surface area contributed by atoms with E-state index in [-0.39, 0.29) is 43.0 Å². The second-order valence-corrected chi connectivity index (χ2v) is 8.45. The number of carbonyl (C=O) groups excluding carboxylic acids is 2. The van der Waals surface area contributed by atoms with Gasteiger partial charge in [0.05, 0.1) is 17.7 Å². The molecule has 0 fully saturated rings. The molecule has 0 bridgehead atoms. The fourth-order valence-electron chi connectivity index (χ4n) is 3.65. The number of halogens is 1. The van der Waals surface area contributed by atoms with Crippen molar-refractivity contribution in [3.05, 3.63) is 106 Å². The highest BCUT2D eigenvalue weighted by Crippen LogP contribution is 2.15. The van der Waals surface area contributed by atoms with Gasteiger partial charge in [-0.2, -0.15) is 0 Å². The molecule has 0 atom stereocenters. The van der Waals surface area contributed by atoms with Crippen LogP contribution in [0.1, 0.15) is 30.2 Å². The summed E-state index contributed by atoms with van der Waals surface area (Å²) in [5.74, 6) is -0.483. The van der Waals surface area contributed by atoms with Gasteiger partial charge in [-0.3, -0.25) is 19.7 Å². The maximum absolute atomic E-state index is 13.4. The summed E-state index contributed by atoms with van der Waals surface area (Å²) in [6.45, 7) is 3.36. The Morgan fingerprint density at radius 3 is 2.42 bits per heavy atom. The van der Waals surface area contributed by atoms with E-state index in [4.69, 9.17) is 9.15 Å². The molecule has 0 N–H and O–H groups in total. The van der Waals surface area contributed by atoms with Gasteiger partial charge in [0.25, 0.3) is 5.69 Å². The van der Waals surface area contributed by atoms with Crippen LogP contribution in [-0.2, 0) is 27.4 Å². The summed E-state index contributed by atoms with van der Waals surface area (Å²) >= 11 is 0. The first kappa shape index (κ1) is 28.3. The van der Waals surface area contributed by atoms with Gasteiger partial charge in [0.15, 0.2) is 0 Å². The van der Waals surface area contributed by atoms with Crippen LogP contribution < -0.4 is 0 Å². The van der Waals surface area contributed by atoms with Gasteiger partial charge in [-0.05, 0) is 66.9 Å². The summed E-state index contributed by atoms with van der Waals surface area (Å²) in [6, 6.07) is 15.1. The lowest BCUT2D eigenvalue weighted by molar-refractivity contribution is -0.384. The second-order valence-electron chi connectivity index (χ2n) is 8.45. The lowest BCUT2D eigenvalue weighted by atomic mass is 10.2. The van der Waals surface area contributed by atoms with Crippen LogP contribution in [0.2, 0.25) is 0 Å². The molecule has 2 aromatic carbocycles. The number of furan rings is 1. The summed E-state index contributed by atoms with van der Waals surface area (Å²) < 4.78 is 24.2. The molecule has 0 unspecified atom stereocenters. The zero-order valence-electron chi connectivity index (χ0n) is 21.1. The van der Waals surface area contributed by atoms with Crippen LogP contribution in [0.25, 0.3) is 6.08 Å². The number of rotatable bonds is 14. The maximum atomic E-state index is 13.4. The Bertz CT molecular complexity index is 1210. The topological polar surface area (TPSA) is 106 Å². The van der Waals surface area contributed by atoms with E-state index < -0.39 is 4.92 Å². The van der Waals surface area contributed by atoms with E-state index in [2.05, 4.69) is 0 Å². The predicted octanol–water partition coefficient (Wildman–Crippen LogP) is 4.82. The molecule has 3 rings (SSSR count). The van der Waals surface area contributed by atoms with E-state index in [1.807, 2.05) is 6.92 Å². The van der Waals surface area contributed by atoms with Gasteiger partial charge >= 0.3 is 0 Å². The monoisotopic (exact) mass is 523 g/mol. The first-order chi connectivity index (χ1) is 18.4. The molecule has 0 saturated heterocycles. The molecule has 200 valence electrons. The van der Waals surface area contributed by atoms with Crippen molar-refractivity contribution >= 4 is 23.6 Å². The third-order valence-corrected chi connectivity index (χ3v) is 5.65. The van der Waals surface area contributed by atoms with Crippen LogP contribution in [0, 0.1) is 15.9 Å². The Morgan fingerprint density at radius 2 is 1.79 bits per heavy atom. The largest absolute Gasteiger partial charge is 0.467 e. The molecular weight excluding hydrogens is 493 g/mol. The van der Waals surface area contributed by atoms with Gasteiger partial charge in [0, 0.05) is 44.5 Å². The Kier molecular flexibility index (Phi) is 10.7. The minimum Gasteiger partial charge on any atom is -0.467 e. The molecule has 2 amide bonds. The van der Waals surface area contributed by atoms with Crippen molar-refractivity contribution in [3.8, 4) is 0 Å². The highest BCUT2D eigenvalue weighted by Gasteiger charge is 2.21. The summed E-state index contributed by atoms with van der Waals surface area (Å²) in [5.41, 5.74) is 1.30. The molecule has 3 aromatic rings. The van der Waals surface area contributed by atoms with Gasteiger partial charge in [-0.1, -0.05) is 12.1 Å². The van der Waals surface area contributed by atoms with Crippen molar-refractivity contribution in [3.63, 3.8) is 0 Å². The highest BCUT2D eigenvalue weighted by molar-refractivity contribution is 5.94. The minimum atomic E-state index is -0.495. The first-order valence-electron chi connectivity index (χ1n) is 12.2. The molecule has 0 aliphatic rings. The summed E-state index contributed by atoms with van der Waals surface area (Å²) in [7, 11) is 0. The maximum Gasteiger partial charge on any atom is 0.269 e. The van der Waals surface area contributed by atoms with Crippen LogP contribution in [0.4, 0.5) is 10.1 Å². The molecule has 1 aromatic heterocycles. The quantitative estimate of drug-likeness (QED) is 0.130. The Balaban J connectivity index is 1.74. The third-order valence-electron chi connectivity index (χ3n) is 5.65. The number of hydrogen-bond donors (Lipinski definition) is 0. The predicted molar refractivity (Wildman–Crippen MR) is 139 cm³/mol. The van der Waals surface area contributed by atoms with E-state index in [0.29, 0.717) is 37.5 Å². The fraction of sp³-hybridized carbons (Fsp3) is 0.286. The summed E-state index contributed by atoms with van der Waals surface area (Å²) in [6.07, 6.45) is 4.94. The van der Waals surface area contributed by atoms with Gasteiger partial charge in [0.2, 0.25) is 11.8 Å². The molecule has 10 heteroatoms. The van der Waals surface area contributed by atoms with Gasteiger partial charge in [-0.15, -0.1) is 0 Å². The number of amides is 2. The Morgan fingerprint density at radius 1 is 1.05 bits per heavy atom. The molecule has 0 saturated carbocycles. The third kappa shape index (κ3) is 8.97. The molecule has 0 aliphatic heterocycles. The average Bonchev–Trinajstić information content (AvgIpc) is 3.43. The fourth-order valence-corrected chi connectivity index (χ4v) is 3.65. The highest BCUT2D eigenvalue weighted by atomic mass is 19.1. The van der Waals surface area contributed by atoms with Crippen molar-refractivity contribution in [2.45, 2.75) is 26.4 Å². The molecule has 0 radical (unpaired) electrons. The van der Waals surface area contributed by atoms with E-state index in [0.717, 1.165) is 5.56 Å². The van der Waals surface area contributed by atoms with Crippen LogP contribution in [-0.4, -0.2) is 52.8 Å². The van der Waals surface area contributed by atoms with Crippen LogP contribution >= 0.6 is 0 Å². The number of non-ortho nitro benzene ring substituents is 1.